The van der Waals surface area contributed by atoms with Gasteiger partial charge in [-0.05, 0) is 43.3 Å². The van der Waals surface area contributed by atoms with Crippen molar-refractivity contribution in [3.8, 4) is 22.9 Å². The number of benzene rings is 3. The van der Waals surface area contributed by atoms with E-state index in [1.165, 1.54) is 12.7 Å². The van der Waals surface area contributed by atoms with E-state index in [1.807, 2.05) is 36.4 Å². The van der Waals surface area contributed by atoms with Crippen LogP contribution in [0, 0.1) is 6.92 Å². The molecule has 1 heterocycles. The predicted octanol–water partition coefficient (Wildman–Crippen LogP) is 4.66. The maximum atomic E-state index is 12.7. The third-order valence-electron chi connectivity index (χ3n) is 4.70. The lowest BCUT2D eigenvalue weighted by molar-refractivity contribution is 0.397. The molecule has 2 N–H and O–H groups in total. The largest absolute Gasteiger partial charge is 0.497 e. The van der Waals surface area contributed by atoms with Crippen molar-refractivity contribution in [3.05, 3.63) is 76.6 Å². The highest BCUT2D eigenvalue weighted by molar-refractivity contribution is 5.87. The minimum Gasteiger partial charge on any atom is -0.497 e. The van der Waals surface area contributed by atoms with Crippen molar-refractivity contribution in [2.24, 2.45) is 0 Å². The van der Waals surface area contributed by atoms with Crippen molar-refractivity contribution < 1.29 is 9.47 Å². The smallest absolute Gasteiger partial charge is 0.262 e. The standard InChI is InChI=1S/C23H21N3O3/c1-14-4-8-16(9-5-14)24-17-10-6-15(7-11-17)22-25-19-12-18(28-2)13-20(29-3)21(19)23(27)26-22/h4-13,24H,1-3H3,(H,25,26,27). The lowest BCUT2D eigenvalue weighted by atomic mass is 10.1. The Morgan fingerprint density at radius 3 is 2.17 bits per heavy atom. The first kappa shape index (κ1) is 18.6. The van der Waals surface area contributed by atoms with Gasteiger partial charge in [-0.2, -0.15) is 0 Å². The second-order valence-electron chi connectivity index (χ2n) is 6.71. The molecule has 6 heteroatoms. The Bertz CT molecular complexity index is 1210. The summed E-state index contributed by atoms with van der Waals surface area (Å²) in [6, 6.07) is 19.3. The molecule has 0 aliphatic rings. The number of aryl methyl sites for hydroxylation is 1. The number of nitrogens with one attached hydrogen (secondary N) is 2. The van der Waals surface area contributed by atoms with E-state index in [0.29, 0.717) is 28.2 Å². The topological polar surface area (TPSA) is 76.2 Å². The quantitative estimate of drug-likeness (QED) is 0.521. The maximum absolute atomic E-state index is 12.7. The highest BCUT2D eigenvalue weighted by Gasteiger charge is 2.13. The number of methoxy groups -OCH3 is 2. The Morgan fingerprint density at radius 2 is 1.55 bits per heavy atom. The van der Waals surface area contributed by atoms with Gasteiger partial charge in [-0.25, -0.2) is 4.98 Å². The van der Waals surface area contributed by atoms with E-state index in [2.05, 4.69) is 34.3 Å². The Kier molecular flexibility index (Phi) is 4.91. The summed E-state index contributed by atoms with van der Waals surface area (Å²) in [6.07, 6.45) is 0. The molecule has 0 unspecified atom stereocenters. The lowest BCUT2D eigenvalue weighted by Crippen LogP contribution is -2.11. The fourth-order valence-electron chi connectivity index (χ4n) is 3.14. The molecule has 4 rings (SSSR count). The zero-order valence-electron chi connectivity index (χ0n) is 16.4. The van der Waals surface area contributed by atoms with E-state index < -0.39 is 0 Å². The number of aromatic nitrogens is 2. The second-order valence-corrected chi connectivity index (χ2v) is 6.71. The Hall–Kier alpha value is -3.80. The summed E-state index contributed by atoms with van der Waals surface area (Å²) < 4.78 is 10.6. The summed E-state index contributed by atoms with van der Waals surface area (Å²) >= 11 is 0. The second kappa shape index (κ2) is 7.67. The Balaban J connectivity index is 1.69. The molecule has 0 atom stereocenters. The first-order valence-corrected chi connectivity index (χ1v) is 9.17. The van der Waals surface area contributed by atoms with Crippen LogP contribution < -0.4 is 20.3 Å². The zero-order valence-corrected chi connectivity index (χ0v) is 16.4. The highest BCUT2D eigenvalue weighted by atomic mass is 16.5. The number of hydrogen-bond acceptors (Lipinski definition) is 5. The molecule has 0 bridgehead atoms. The number of fused-ring (bicyclic) bond motifs is 1. The number of ether oxygens (including phenoxy) is 2. The molecule has 0 radical (unpaired) electrons. The van der Waals surface area contributed by atoms with E-state index in [1.54, 1.807) is 19.2 Å². The first-order valence-electron chi connectivity index (χ1n) is 9.17. The fraction of sp³-hybridized carbons (Fsp3) is 0.130. The normalized spacial score (nSPS) is 10.7. The molecule has 0 aliphatic carbocycles. The lowest BCUT2D eigenvalue weighted by Gasteiger charge is -2.10. The maximum Gasteiger partial charge on any atom is 0.262 e. The molecular weight excluding hydrogens is 366 g/mol. The third-order valence-corrected chi connectivity index (χ3v) is 4.70. The zero-order chi connectivity index (χ0) is 20.4. The van der Waals surface area contributed by atoms with E-state index >= 15 is 0 Å². The van der Waals surface area contributed by atoms with Crippen LogP contribution in [0.5, 0.6) is 11.5 Å². The van der Waals surface area contributed by atoms with Crippen LogP contribution in [0.3, 0.4) is 0 Å². The van der Waals surface area contributed by atoms with Gasteiger partial charge in [0.2, 0.25) is 0 Å². The van der Waals surface area contributed by atoms with Crippen LogP contribution in [-0.4, -0.2) is 24.2 Å². The van der Waals surface area contributed by atoms with E-state index in [-0.39, 0.29) is 5.56 Å². The van der Waals surface area contributed by atoms with Crippen molar-refractivity contribution in [2.75, 3.05) is 19.5 Å². The van der Waals surface area contributed by atoms with Gasteiger partial charge < -0.3 is 19.8 Å². The van der Waals surface area contributed by atoms with Crippen LogP contribution >= 0.6 is 0 Å². The molecule has 0 amide bonds. The van der Waals surface area contributed by atoms with Gasteiger partial charge in [0, 0.05) is 29.1 Å². The molecular formula is C23H21N3O3. The number of aromatic amines is 1. The summed E-state index contributed by atoms with van der Waals surface area (Å²) in [4.78, 5) is 20.1. The van der Waals surface area contributed by atoms with Gasteiger partial charge in [-0.3, -0.25) is 4.79 Å². The van der Waals surface area contributed by atoms with Crippen LogP contribution in [-0.2, 0) is 0 Å². The number of nitrogens with zero attached hydrogens (tertiary/aromatic N) is 1. The van der Waals surface area contributed by atoms with Gasteiger partial charge >= 0.3 is 0 Å². The summed E-state index contributed by atoms with van der Waals surface area (Å²) in [6.45, 7) is 2.06. The molecule has 4 aromatic rings. The number of H-pyrrole nitrogens is 1. The Morgan fingerprint density at radius 1 is 0.897 bits per heavy atom. The van der Waals surface area contributed by atoms with E-state index in [4.69, 9.17) is 9.47 Å². The highest BCUT2D eigenvalue weighted by Crippen LogP contribution is 2.29. The average Bonchev–Trinajstić information content (AvgIpc) is 2.74. The molecule has 3 aromatic carbocycles. The van der Waals surface area contributed by atoms with Crippen molar-refractivity contribution >= 4 is 22.3 Å². The minimum atomic E-state index is -0.258. The molecule has 6 nitrogen and oxygen atoms in total. The molecule has 0 aliphatic heterocycles. The third kappa shape index (κ3) is 3.78. The summed E-state index contributed by atoms with van der Waals surface area (Å²) in [7, 11) is 3.08. The molecule has 0 saturated heterocycles. The molecule has 0 saturated carbocycles. The summed E-state index contributed by atoms with van der Waals surface area (Å²) in [5, 5.41) is 3.75. The van der Waals surface area contributed by atoms with Gasteiger partial charge in [0.25, 0.3) is 5.56 Å². The molecule has 1 aromatic heterocycles. The van der Waals surface area contributed by atoms with Crippen molar-refractivity contribution in [1.29, 1.82) is 0 Å². The molecule has 29 heavy (non-hydrogen) atoms. The van der Waals surface area contributed by atoms with Crippen LogP contribution in [0.4, 0.5) is 11.4 Å². The van der Waals surface area contributed by atoms with Crippen molar-refractivity contribution in [1.82, 2.24) is 9.97 Å². The summed E-state index contributed by atoms with van der Waals surface area (Å²) in [5.74, 6) is 1.49. The van der Waals surface area contributed by atoms with E-state index in [0.717, 1.165) is 16.9 Å². The number of anilines is 2. The predicted molar refractivity (Wildman–Crippen MR) is 115 cm³/mol. The molecule has 146 valence electrons. The van der Waals surface area contributed by atoms with E-state index in [9.17, 15) is 4.79 Å². The fourth-order valence-corrected chi connectivity index (χ4v) is 3.14. The van der Waals surface area contributed by atoms with Crippen LogP contribution in [0.1, 0.15) is 5.56 Å². The SMILES string of the molecule is COc1cc(OC)c2c(=O)[nH]c(-c3ccc(Nc4ccc(C)cc4)cc3)nc2c1. The van der Waals surface area contributed by atoms with Crippen LogP contribution in [0.15, 0.2) is 65.5 Å². The minimum absolute atomic E-state index is 0.258. The van der Waals surface area contributed by atoms with Crippen LogP contribution in [0.2, 0.25) is 0 Å². The Labute approximate surface area is 168 Å². The van der Waals surface area contributed by atoms with Crippen molar-refractivity contribution in [3.63, 3.8) is 0 Å². The number of hydrogen-bond donors (Lipinski definition) is 2. The van der Waals surface area contributed by atoms with Gasteiger partial charge in [0.15, 0.2) is 0 Å². The van der Waals surface area contributed by atoms with Gasteiger partial charge in [0.1, 0.15) is 22.7 Å². The molecule has 0 fully saturated rings. The van der Waals surface area contributed by atoms with Crippen LogP contribution in [0.25, 0.3) is 22.3 Å². The summed E-state index contributed by atoms with van der Waals surface area (Å²) in [5.41, 5.74) is 4.24. The number of rotatable bonds is 5. The monoisotopic (exact) mass is 387 g/mol. The van der Waals surface area contributed by atoms with Gasteiger partial charge in [-0.1, -0.05) is 17.7 Å². The average molecular weight is 387 g/mol. The van der Waals surface area contributed by atoms with Gasteiger partial charge in [0.05, 0.1) is 19.7 Å². The first-order chi connectivity index (χ1) is 14.1. The van der Waals surface area contributed by atoms with Crippen molar-refractivity contribution in [2.45, 2.75) is 6.92 Å². The van der Waals surface area contributed by atoms with Gasteiger partial charge in [-0.15, -0.1) is 0 Å². The molecule has 0 spiro atoms.